The van der Waals surface area contributed by atoms with Gasteiger partial charge in [0.05, 0.1) is 16.1 Å². The first-order chi connectivity index (χ1) is 8.13. The van der Waals surface area contributed by atoms with Gasteiger partial charge in [-0.1, -0.05) is 12.1 Å². The molecule has 0 radical (unpaired) electrons. The van der Waals surface area contributed by atoms with E-state index in [1.54, 1.807) is 25.2 Å². The van der Waals surface area contributed by atoms with Crippen LogP contribution in [-0.2, 0) is 7.05 Å². The summed E-state index contributed by atoms with van der Waals surface area (Å²) in [5.41, 5.74) is 0.950. The Morgan fingerprint density at radius 3 is 2.76 bits per heavy atom. The predicted molar refractivity (Wildman–Crippen MR) is 60.7 cm³/mol. The maximum atomic E-state index is 10.9. The highest BCUT2D eigenvalue weighted by molar-refractivity contribution is 5.87. The van der Waals surface area contributed by atoms with Gasteiger partial charge < -0.3 is 0 Å². The number of nitro groups is 1. The number of hydrogen-bond donors (Lipinski definition) is 0. The lowest BCUT2D eigenvalue weighted by Gasteiger charge is -1.99. The minimum Gasteiger partial charge on any atom is -0.298 e. The summed E-state index contributed by atoms with van der Waals surface area (Å²) in [7, 11) is 1.66. The highest BCUT2D eigenvalue weighted by Crippen LogP contribution is 2.29. The maximum Gasteiger partial charge on any atom is 0.278 e. The fraction of sp³-hybridized carbons (Fsp3) is 0.0909. The van der Waals surface area contributed by atoms with E-state index in [9.17, 15) is 14.9 Å². The van der Waals surface area contributed by atoms with Gasteiger partial charge in [-0.15, -0.1) is 0 Å². The topological polar surface area (TPSA) is 78.0 Å². The van der Waals surface area contributed by atoms with Gasteiger partial charge in [0, 0.05) is 19.3 Å². The minimum absolute atomic E-state index is 0.0608. The standard InChI is InChI=1S/C11H9N3O3/c1-13-6-8(7-15)11(12-13)9-4-2-3-5-10(9)14(16)17/h2-7H,1H3. The first-order valence-corrected chi connectivity index (χ1v) is 4.86. The van der Waals surface area contributed by atoms with E-state index in [0.29, 0.717) is 23.1 Å². The van der Waals surface area contributed by atoms with Gasteiger partial charge in [0.1, 0.15) is 5.69 Å². The van der Waals surface area contributed by atoms with Gasteiger partial charge >= 0.3 is 0 Å². The van der Waals surface area contributed by atoms with Crippen LogP contribution in [0.1, 0.15) is 10.4 Å². The Morgan fingerprint density at radius 1 is 1.41 bits per heavy atom. The summed E-state index contributed by atoms with van der Waals surface area (Å²) in [6, 6.07) is 6.21. The average molecular weight is 231 g/mol. The average Bonchev–Trinajstić information content (AvgIpc) is 2.70. The number of para-hydroxylation sites is 1. The lowest BCUT2D eigenvalue weighted by Crippen LogP contribution is -1.94. The van der Waals surface area contributed by atoms with Gasteiger partial charge in [-0.05, 0) is 6.07 Å². The monoisotopic (exact) mass is 231 g/mol. The molecule has 0 spiro atoms. The van der Waals surface area contributed by atoms with Crippen molar-refractivity contribution in [1.29, 1.82) is 0 Å². The van der Waals surface area contributed by atoms with Crippen LogP contribution in [0, 0.1) is 10.1 Å². The third-order valence-electron chi connectivity index (χ3n) is 2.34. The van der Waals surface area contributed by atoms with E-state index in [4.69, 9.17) is 0 Å². The quantitative estimate of drug-likeness (QED) is 0.458. The number of aryl methyl sites for hydroxylation is 1. The van der Waals surface area contributed by atoms with Crippen molar-refractivity contribution in [3.05, 3.63) is 46.1 Å². The molecule has 0 N–H and O–H groups in total. The first-order valence-electron chi connectivity index (χ1n) is 4.86. The van der Waals surface area contributed by atoms with Crippen molar-refractivity contribution in [2.45, 2.75) is 0 Å². The molecule has 0 fully saturated rings. The molecular weight excluding hydrogens is 222 g/mol. The van der Waals surface area contributed by atoms with E-state index in [1.807, 2.05) is 0 Å². The zero-order valence-electron chi connectivity index (χ0n) is 9.03. The molecule has 6 heteroatoms. The van der Waals surface area contributed by atoms with Gasteiger partial charge in [0.25, 0.3) is 5.69 Å². The third-order valence-corrected chi connectivity index (χ3v) is 2.34. The van der Waals surface area contributed by atoms with Crippen molar-refractivity contribution in [2.24, 2.45) is 7.05 Å². The number of rotatable bonds is 3. The molecule has 2 aromatic rings. The smallest absolute Gasteiger partial charge is 0.278 e. The Hall–Kier alpha value is -2.50. The van der Waals surface area contributed by atoms with E-state index in [2.05, 4.69) is 5.10 Å². The molecule has 6 nitrogen and oxygen atoms in total. The van der Waals surface area contributed by atoms with Gasteiger partial charge in [-0.3, -0.25) is 19.6 Å². The van der Waals surface area contributed by atoms with Crippen molar-refractivity contribution in [2.75, 3.05) is 0 Å². The molecule has 0 aliphatic rings. The summed E-state index contributed by atoms with van der Waals surface area (Å²) in [5.74, 6) is 0. The number of nitrogens with zero attached hydrogens (tertiary/aromatic N) is 3. The van der Waals surface area contributed by atoms with Gasteiger partial charge in [-0.2, -0.15) is 5.10 Å². The van der Waals surface area contributed by atoms with Crippen molar-refractivity contribution < 1.29 is 9.72 Å². The second kappa shape index (κ2) is 4.17. The van der Waals surface area contributed by atoms with Crippen LogP contribution in [0.2, 0.25) is 0 Å². The molecule has 1 aromatic carbocycles. The minimum atomic E-state index is -0.488. The molecule has 0 aliphatic carbocycles. The molecule has 0 saturated carbocycles. The molecule has 0 saturated heterocycles. The molecular formula is C11H9N3O3. The fourth-order valence-electron chi connectivity index (χ4n) is 1.64. The summed E-state index contributed by atoms with van der Waals surface area (Å²) in [5, 5.41) is 15.0. The Labute approximate surface area is 96.6 Å². The van der Waals surface area contributed by atoms with Crippen LogP contribution in [0.15, 0.2) is 30.5 Å². The molecule has 1 heterocycles. The van der Waals surface area contributed by atoms with Crippen molar-refractivity contribution >= 4 is 12.0 Å². The Bertz CT molecular complexity index is 589. The second-order valence-electron chi connectivity index (χ2n) is 3.50. The van der Waals surface area contributed by atoms with Crippen molar-refractivity contribution in [3.8, 4) is 11.3 Å². The summed E-state index contributed by atoms with van der Waals surface area (Å²) in [6.07, 6.45) is 2.16. The van der Waals surface area contributed by atoms with Crippen molar-refractivity contribution in [1.82, 2.24) is 9.78 Å². The number of aromatic nitrogens is 2. The van der Waals surface area contributed by atoms with E-state index in [0.717, 1.165) is 0 Å². The first kappa shape index (κ1) is 11.0. The summed E-state index contributed by atoms with van der Waals surface area (Å²) in [4.78, 5) is 21.3. The number of nitro benzene ring substituents is 1. The molecule has 0 amide bonds. The van der Waals surface area contributed by atoms with Gasteiger partial charge in [0.2, 0.25) is 0 Å². The highest BCUT2D eigenvalue weighted by atomic mass is 16.6. The Morgan fingerprint density at radius 2 is 2.12 bits per heavy atom. The highest BCUT2D eigenvalue weighted by Gasteiger charge is 2.19. The largest absolute Gasteiger partial charge is 0.298 e. The number of benzene rings is 1. The molecule has 17 heavy (non-hydrogen) atoms. The van der Waals surface area contributed by atoms with Crippen LogP contribution < -0.4 is 0 Å². The van der Waals surface area contributed by atoms with Gasteiger partial charge in [0.15, 0.2) is 6.29 Å². The Kier molecular flexibility index (Phi) is 2.70. The summed E-state index contributed by atoms with van der Waals surface area (Å²) in [6.45, 7) is 0. The number of carbonyl (C=O) groups is 1. The number of hydrogen-bond acceptors (Lipinski definition) is 4. The number of carbonyl (C=O) groups excluding carboxylic acids is 1. The zero-order valence-corrected chi connectivity index (χ0v) is 9.03. The molecule has 0 atom stereocenters. The molecule has 0 bridgehead atoms. The van der Waals surface area contributed by atoms with Crippen LogP contribution in [-0.4, -0.2) is 21.0 Å². The summed E-state index contributed by atoms with van der Waals surface area (Å²) < 4.78 is 1.45. The van der Waals surface area contributed by atoms with Crippen LogP contribution in [0.5, 0.6) is 0 Å². The van der Waals surface area contributed by atoms with Crippen LogP contribution in [0.25, 0.3) is 11.3 Å². The lowest BCUT2D eigenvalue weighted by atomic mass is 10.1. The predicted octanol–water partition coefficient (Wildman–Crippen LogP) is 1.81. The van der Waals surface area contributed by atoms with Crippen LogP contribution in [0.3, 0.4) is 0 Å². The second-order valence-corrected chi connectivity index (χ2v) is 3.50. The SMILES string of the molecule is Cn1cc(C=O)c(-c2ccccc2[N+](=O)[O-])n1. The molecule has 0 unspecified atom stereocenters. The molecule has 1 aromatic heterocycles. The van der Waals surface area contributed by atoms with E-state index in [1.165, 1.54) is 16.9 Å². The molecule has 0 aliphatic heterocycles. The molecule has 86 valence electrons. The van der Waals surface area contributed by atoms with Crippen molar-refractivity contribution in [3.63, 3.8) is 0 Å². The van der Waals surface area contributed by atoms with Crippen LogP contribution >= 0.6 is 0 Å². The molecule has 2 rings (SSSR count). The van der Waals surface area contributed by atoms with E-state index >= 15 is 0 Å². The maximum absolute atomic E-state index is 10.9. The van der Waals surface area contributed by atoms with E-state index in [-0.39, 0.29) is 5.69 Å². The lowest BCUT2D eigenvalue weighted by molar-refractivity contribution is -0.384. The zero-order chi connectivity index (χ0) is 12.4. The van der Waals surface area contributed by atoms with E-state index < -0.39 is 4.92 Å². The fourth-order valence-corrected chi connectivity index (χ4v) is 1.64. The summed E-state index contributed by atoms with van der Waals surface area (Å²) >= 11 is 0. The normalized spacial score (nSPS) is 10.2. The van der Waals surface area contributed by atoms with Gasteiger partial charge in [-0.25, -0.2) is 0 Å². The van der Waals surface area contributed by atoms with Crippen LogP contribution in [0.4, 0.5) is 5.69 Å². The third kappa shape index (κ3) is 1.92. The number of aldehydes is 1. The Balaban J connectivity index is 2.67.